The number of halogens is 1. The fourth-order valence-electron chi connectivity index (χ4n) is 2.62. The highest BCUT2D eigenvalue weighted by atomic mass is 127. The predicted octanol–water partition coefficient (Wildman–Crippen LogP) is 3.51. The molecule has 2 fully saturated rings. The molecule has 82 valence electrons. The highest BCUT2D eigenvalue weighted by molar-refractivity contribution is 14.1. The average Bonchev–Trinajstić information content (AvgIpc) is 2.83. The number of alkyl halides is 1. The van der Waals surface area contributed by atoms with Crippen molar-refractivity contribution >= 4 is 22.6 Å². The normalized spacial score (nSPS) is 26.1. The fraction of sp³-hybridized carbons (Fsp3) is 1.00. The smallest absolute Gasteiger partial charge is 0.0122 e. The number of nitrogens with one attached hydrogen (secondary N) is 1. The monoisotopic (exact) mass is 307 g/mol. The van der Waals surface area contributed by atoms with Crippen LogP contribution in [-0.4, -0.2) is 16.5 Å². The molecule has 2 rings (SSSR count). The lowest BCUT2D eigenvalue weighted by atomic mass is 9.77. The van der Waals surface area contributed by atoms with Crippen LogP contribution in [0.15, 0.2) is 0 Å². The molecule has 2 saturated carbocycles. The van der Waals surface area contributed by atoms with Gasteiger partial charge in [-0.15, -0.1) is 0 Å². The summed E-state index contributed by atoms with van der Waals surface area (Å²) in [5, 5.41) is 3.70. The van der Waals surface area contributed by atoms with E-state index in [9.17, 15) is 0 Å². The molecule has 14 heavy (non-hydrogen) atoms. The molecule has 2 heteroatoms. The van der Waals surface area contributed by atoms with E-state index in [4.69, 9.17) is 0 Å². The van der Waals surface area contributed by atoms with Crippen LogP contribution in [0.5, 0.6) is 0 Å². The minimum atomic E-state index is 0.866. The van der Waals surface area contributed by atoms with E-state index < -0.39 is 0 Å². The summed E-state index contributed by atoms with van der Waals surface area (Å²) in [4.78, 5) is 0. The van der Waals surface area contributed by atoms with E-state index in [-0.39, 0.29) is 0 Å². The lowest BCUT2D eigenvalue weighted by Crippen LogP contribution is -2.43. The summed E-state index contributed by atoms with van der Waals surface area (Å²) in [5.74, 6) is 0. The number of hydrogen-bond donors (Lipinski definition) is 1. The molecule has 0 aromatic rings. The van der Waals surface area contributed by atoms with Crippen molar-refractivity contribution in [2.45, 2.75) is 61.8 Å². The first kappa shape index (κ1) is 11.2. The zero-order valence-electron chi connectivity index (χ0n) is 9.19. The van der Waals surface area contributed by atoms with Crippen LogP contribution in [0.25, 0.3) is 0 Å². The first-order chi connectivity index (χ1) is 6.74. The maximum Gasteiger partial charge on any atom is 0.0122 e. The molecule has 2 aliphatic rings. The Balaban J connectivity index is 1.47. The van der Waals surface area contributed by atoms with Crippen molar-refractivity contribution in [3.8, 4) is 0 Å². The minimum Gasteiger partial charge on any atom is -0.314 e. The summed E-state index contributed by atoms with van der Waals surface area (Å²) in [6.07, 6.45) is 10.1. The van der Waals surface area contributed by atoms with Crippen LogP contribution in [-0.2, 0) is 0 Å². The Kier molecular flexibility index (Phi) is 3.74. The minimum absolute atomic E-state index is 0.866. The quantitative estimate of drug-likeness (QED) is 0.585. The molecule has 0 saturated heterocycles. The molecule has 1 spiro atoms. The molecule has 0 aromatic carbocycles. The van der Waals surface area contributed by atoms with Gasteiger partial charge < -0.3 is 5.32 Å². The molecule has 1 N–H and O–H groups in total. The summed E-state index contributed by atoms with van der Waals surface area (Å²) in [5.41, 5.74) is 0.866. The van der Waals surface area contributed by atoms with Crippen molar-refractivity contribution in [3.63, 3.8) is 0 Å². The van der Waals surface area contributed by atoms with Crippen LogP contribution < -0.4 is 5.32 Å². The molecule has 1 unspecified atom stereocenters. The highest BCUT2D eigenvalue weighted by Crippen LogP contribution is 2.60. The van der Waals surface area contributed by atoms with Gasteiger partial charge >= 0.3 is 0 Å². The van der Waals surface area contributed by atoms with Gasteiger partial charge in [-0.25, -0.2) is 0 Å². The Labute approximate surface area is 102 Å². The third-order valence-corrected chi connectivity index (χ3v) is 5.05. The second-order valence-corrected chi connectivity index (χ2v) is 7.00. The van der Waals surface area contributed by atoms with Gasteiger partial charge in [0, 0.05) is 9.97 Å². The summed E-state index contributed by atoms with van der Waals surface area (Å²) >= 11 is 2.60. The van der Waals surface area contributed by atoms with E-state index in [1.54, 1.807) is 0 Å². The Morgan fingerprint density at radius 2 is 2.07 bits per heavy atom. The summed E-state index contributed by atoms with van der Waals surface area (Å²) < 4.78 is 0.889. The van der Waals surface area contributed by atoms with Gasteiger partial charge in [-0.05, 0) is 50.5 Å². The van der Waals surface area contributed by atoms with E-state index in [0.29, 0.717) is 0 Å². The van der Waals surface area contributed by atoms with E-state index in [2.05, 4.69) is 34.8 Å². The molecular weight excluding hydrogens is 285 g/mol. The van der Waals surface area contributed by atoms with Crippen molar-refractivity contribution in [2.75, 3.05) is 6.54 Å². The van der Waals surface area contributed by atoms with Gasteiger partial charge in [-0.3, -0.25) is 0 Å². The van der Waals surface area contributed by atoms with Crippen LogP contribution in [0.3, 0.4) is 0 Å². The van der Waals surface area contributed by atoms with E-state index in [1.807, 2.05) is 0 Å². The zero-order chi connectivity index (χ0) is 10.0. The summed E-state index contributed by atoms with van der Waals surface area (Å²) in [7, 11) is 0. The lowest BCUT2D eigenvalue weighted by molar-refractivity contribution is 0.199. The fourth-order valence-corrected chi connectivity index (χ4v) is 3.55. The van der Waals surface area contributed by atoms with Crippen LogP contribution in [0.1, 0.15) is 51.9 Å². The van der Waals surface area contributed by atoms with Crippen molar-refractivity contribution in [1.29, 1.82) is 0 Å². The second kappa shape index (κ2) is 4.69. The molecule has 1 nitrogen and oxygen atoms in total. The van der Waals surface area contributed by atoms with Gasteiger partial charge in [0.15, 0.2) is 0 Å². The molecule has 0 aromatic heterocycles. The van der Waals surface area contributed by atoms with Gasteiger partial charge in [-0.2, -0.15) is 0 Å². The van der Waals surface area contributed by atoms with Crippen molar-refractivity contribution in [2.24, 2.45) is 5.41 Å². The van der Waals surface area contributed by atoms with Gasteiger partial charge in [0.1, 0.15) is 0 Å². The standard InChI is InChI=1S/C12H22IN/c1-2-3-10(13)4-7-14-11-8-12(9-11)5-6-12/h10-11,14H,2-9H2,1H3. The molecule has 0 heterocycles. The third-order valence-electron chi connectivity index (χ3n) is 3.81. The molecule has 1 atom stereocenters. The topological polar surface area (TPSA) is 12.0 Å². The lowest BCUT2D eigenvalue weighted by Gasteiger charge is -2.36. The Hall–Kier alpha value is 0.690. The van der Waals surface area contributed by atoms with Crippen LogP contribution in [0.2, 0.25) is 0 Å². The Morgan fingerprint density at radius 1 is 1.36 bits per heavy atom. The largest absolute Gasteiger partial charge is 0.314 e. The zero-order valence-corrected chi connectivity index (χ0v) is 11.3. The molecule has 0 aliphatic heterocycles. The van der Waals surface area contributed by atoms with Crippen molar-refractivity contribution in [3.05, 3.63) is 0 Å². The van der Waals surface area contributed by atoms with Crippen LogP contribution in [0.4, 0.5) is 0 Å². The molecule has 0 bridgehead atoms. The number of rotatable bonds is 6. The molecular formula is C12H22IN. The second-order valence-electron chi connectivity index (χ2n) is 5.23. The van der Waals surface area contributed by atoms with Crippen molar-refractivity contribution < 1.29 is 0 Å². The van der Waals surface area contributed by atoms with Gasteiger partial charge in [-0.1, -0.05) is 35.9 Å². The summed E-state index contributed by atoms with van der Waals surface area (Å²) in [6.45, 7) is 3.52. The van der Waals surface area contributed by atoms with E-state index in [0.717, 1.165) is 15.4 Å². The predicted molar refractivity (Wildman–Crippen MR) is 70.0 cm³/mol. The Morgan fingerprint density at radius 3 is 2.64 bits per heavy atom. The summed E-state index contributed by atoms with van der Waals surface area (Å²) in [6, 6.07) is 0.878. The average molecular weight is 307 g/mol. The van der Waals surface area contributed by atoms with Gasteiger partial charge in [0.25, 0.3) is 0 Å². The molecule has 2 aliphatic carbocycles. The molecule has 0 amide bonds. The van der Waals surface area contributed by atoms with Crippen LogP contribution >= 0.6 is 22.6 Å². The first-order valence-electron chi connectivity index (χ1n) is 6.11. The van der Waals surface area contributed by atoms with Crippen molar-refractivity contribution in [1.82, 2.24) is 5.32 Å². The van der Waals surface area contributed by atoms with Gasteiger partial charge in [0.05, 0.1) is 0 Å². The van der Waals surface area contributed by atoms with E-state index >= 15 is 0 Å². The maximum absolute atomic E-state index is 3.70. The number of hydrogen-bond acceptors (Lipinski definition) is 1. The van der Waals surface area contributed by atoms with Gasteiger partial charge in [0.2, 0.25) is 0 Å². The Bertz CT molecular complexity index is 181. The first-order valence-corrected chi connectivity index (χ1v) is 7.36. The van der Waals surface area contributed by atoms with E-state index in [1.165, 1.54) is 51.5 Å². The third kappa shape index (κ3) is 2.84. The maximum atomic E-state index is 3.70. The molecule has 0 radical (unpaired) electrons. The van der Waals surface area contributed by atoms with Crippen LogP contribution in [0, 0.1) is 5.41 Å². The SMILES string of the molecule is CCCC(I)CCNC1CC2(CC2)C1. The highest BCUT2D eigenvalue weighted by Gasteiger charge is 2.52.